The summed E-state index contributed by atoms with van der Waals surface area (Å²) >= 11 is 1.58. The number of morpholine rings is 1. The van der Waals surface area contributed by atoms with E-state index in [1.54, 1.807) is 11.3 Å². The van der Waals surface area contributed by atoms with E-state index in [9.17, 15) is 4.79 Å². The monoisotopic (exact) mass is 343 g/mol. The van der Waals surface area contributed by atoms with Crippen LogP contribution < -0.4 is 5.32 Å². The van der Waals surface area contributed by atoms with Crippen molar-refractivity contribution in [2.45, 2.75) is 24.9 Å². The number of nitrogens with one attached hydrogen (secondary N) is 1. The van der Waals surface area contributed by atoms with E-state index < -0.39 is 0 Å². The van der Waals surface area contributed by atoms with E-state index in [4.69, 9.17) is 4.74 Å². The summed E-state index contributed by atoms with van der Waals surface area (Å²) in [6.07, 6.45) is 2.75. The van der Waals surface area contributed by atoms with Crippen molar-refractivity contribution in [3.8, 4) is 0 Å². The highest BCUT2D eigenvalue weighted by atomic mass is 32.1. The van der Waals surface area contributed by atoms with Crippen LogP contribution in [0.1, 0.15) is 23.2 Å². The molecule has 1 unspecified atom stereocenters. The predicted octanol–water partition coefficient (Wildman–Crippen LogP) is 2.57. The lowest BCUT2D eigenvalue weighted by molar-refractivity contribution is -0.101. The van der Waals surface area contributed by atoms with Gasteiger partial charge in [0.25, 0.3) is 0 Å². The number of thiazole rings is 1. The number of nitrogens with zero attached hydrogens (tertiary/aromatic N) is 2. The highest BCUT2D eigenvalue weighted by Gasteiger charge is 2.44. The van der Waals surface area contributed by atoms with Gasteiger partial charge in [0.1, 0.15) is 5.60 Å². The van der Waals surface area contributed by atoms with Gasteiger partial charge in [-0.15, -0.1) is 11.3 Å². The lowest BCUT2D eigenvalue weighted by atomic mass is 9.94. The third-order valence-corrected chi connectivity index (χ3v) is 5.56. The van der Waals surface area contributed by atoms with Gasteiger partial charge in [-0.3, -0.25) is 0 Å². The molecule has 1 N–H and O–H groups in total. The van der Waals surface area contributed by atoms with Crippen molar-refractivity contribution in [2.24, 2.45) is 0 Å². The minimum Gasteiger partial charge on any atom is -0.367 e. The van der Waals surface area contributed by atoms with Crippen LogP contribution in [0.5, 0.6) is 0 Å². The topological polar surface area (TPSA) is 54.5 Å². The van der Waals surface area contributed by atoms with E-state index in [0.717, 1.165) is 25.0 Å². The van der Waals surface area contributed by atoms with E-state index in [0.29, 0.717) is 26.2 Å². The summed E-state index contributed by atoms with van der Waals surface area (Å²) in [6, 6.07) is 8.44. The third-order valence-electron chi connectivity index (χ3n) is 4.92. The van der Waals surface area contributed by atoms with Crippen molar-refractivity contribution in [1.82, 2.24) is 15.2 Å². The Morgan fingerprint density at radius 3 is 3.21 bits per heavy atom. The number of carbonyl (C=O) groups excluding carboxylic acids is 1. The van der Waals surface area contributed by atoms with Gasteiger partial charge < -0.3 is 15.0 Å². The Kier molecular flexibility index (Phi) is 4.24. The molecule has 1 aromatic heterocycles. The van der Waals surface area contributed by atoms with Crippen LogP contribution in [-0.4, -0.2) is 42.2 Å². The minimum atomic E-state index is -0.318. The molecular weight excluding hydrogens is 322 g/mol. The lowest BCUT2D eigenvalue weighted by Gasteiger charge is -2.41. The van der Waals surface area contributed by atoms with Gasteiger partial charge in [0, 0.05) is 24.9 Å². The molecule has 2 aromatic rings. The third kappa shape index (κ3) is 2.91. The first-order chi connectivity index (χ1) is 11.8. The number of hydrogen-bond acceptors (Lipinski definition) is 4. The second-order valence-corrected chi connectivity index (χ2v) is 7.10. The van der Waals surface area contributed by atoms with Crippen molar-refractivity contribution in [3.63, 3.8) is 0 Å². The van der Waals surface area contributed by atoms with Crippen molar-refractivity contribution in [1.29, 1.82) is 0 Å². The molecule has 1 saturated heterocycles. The number of amides is 2. The Morgan fingerprint density at radius 2 is 2.33 bits per heavy atom. The average Bonchev–Trinajstić information content (AvgIpc) is 3.25. The fourth-order valence-electron chi connectivity index (χ4n) is 3.70. The summed E-state index contributed by atoms with van der Waals surface area (Å²) in [7, 11) is 0. The van der Waals surface area contributed by atoms with Gasteiger partial charge in [0.15, 0.2) is 0 Å². The van der Waals surface area contributed by atoms with Crippen LogP contribution in [0.25, 0.3) is 0 Å². The summed E-state index contributed by atoms with van der Waals surface area (Å²) in [5.41, 5.74) is 5.14. The SMILES string of the molecule is O=C(NCCc1cscn1)N1CCOC2(CCc3ccccc32)C1. The first-order valence-corrected chi connectivity index (χ1v) is 9.33. The standard InChI is InChI=1S/C18H21N3O2S/c22-17(19-8-6-15-11-24-13-20-15)21-9-10-23-18(12-21)7-5-14-3-1-2-4-16(14)18/h1-4,11,13H,5-10,12H2,(H,19,22). The van der Waals surface area contributed by atoms with Crippen LogP contribution in [-0.2, 0) is 23.2 Å². The maximum atomic E-state index is 12.5. The molecule has 1 aliphatic carbocycles. The van der Waals surface area contributed by atoms with E-state index in [2.05, 4.69) is 34.6 Å². The Hall–Kier alpha value is -1.92. The van der Waals surface area contributed by atoms with Gasteiger partial charge in [-0.2, -0.15) is 0 Å². The summed E-state index contributed by atoms with van der Waals surface area (Å²) in [5, 5.41) is 5.04. The van der Waals surface area contributed by atoms with Crippen LogP contribution in [0, 0.1) is 0 Å². The number of ether oxygens (including phenoxy) is 1. The van der Waals surface area contributed by atoms with Crippen LogP contribution in [0.4, 0.5) is 4.79 Å². The molecule has 2 amide bonds. The second kappa shape index (κ2) is 6.53. The maximum Gasteiger partial charge on any atom is 0.317 e. The summed E-state index contributed by atoms with van der Waals surface area (Å²) in [6.45, 7) is 2.48. The molecule has 1 aliphatic heterocycles. The number of carbonyl (C=O) groups is 1. The number of hydrogen-bond donors (Lipinski definition) is 1. The normalized spacial score (nSPS) is 22.6. The molecule has 1 atom stereocenters. The molecule has 6 heteroatoms. The second-order valence-electron chi connectivity index (χ2n) is 6.38. The fourth-order valence-corrected chi connectivity index (χ4v) is 4.29. The minimum absolute atomic E-state index is 0.00251. The zero-order valence-electron chi connectivity index (χ0n) is 13.5. The molecule has 24 heavy (non-hydrogen) atoms. The van der Waals surface area contributed by atoms with Gasteiger partial charge in [-0.25, -0.2) is 9.78 Å². The van der Waals surface area contributed by atoms with Crippen LogP contribution in [0.2, 0.25) is 0 Å². The molecule has 2 heterocycles. The fraction of sp³-hybridized carbons (Fsp3) is 0.444. The summed E-state index contributed by atoms with van der Waals surface area (Å²) in [5.74, 6) is 0. The van der Waals surface area contributed by atoms with Gasteiger partial charge in [0.2, 0.25) is 0 Å². The number of benzene rings is 1. The first kappa shape index (κ1) is 15.6. The Balaban J connectivity index is 1.39. The predicted molar refractivity (Wildman–Crippen MR) is 93.2 cm³/mol. The van der Waals surface area contributed by atoms with Crippen molar-refractivity contribution >= 4 is 17.4 Å². The van der Waals surface area contributed by atoms with Gasteiger partial charge in [-0.05, 0) is 24.0 Å². The molecule has 0 radical (unpaired) electrons. The van der Waals surface area contributed by atoms with E-state index in [1.807, 2.05) is 15.8 Å². The molecular formula is C18H21N3O2S. The Morgan fingerprint density at radius 1 is 1.42 bits per heavy atom. The first-order valence-electron chi connectivity index (χ1n) is 8.39. The largest absolute Gasteiger partial charge is 0.367 e. The number of aromatic nitrogens is 1. The highest BCUT2D eigenvalue weighted by Crippen LogP contribution is 2.42. The summed E-state index contributed by atoms with van der Waals surface area (Å²) < 4.78 is 6.17. The molecule has 2 aliphatic rings. The zero-order chi connectivity index (χ0) is 16.4. The number of fused-ring (bicyclic) bond motifs is 2. The smallest absolute Gasteiger partial charge is 0.317 e. The average molecular weight is 343 g/mol. The van der Waals surface area contributed by atoms with Crippen LogP contribution >= 0.6 is 11.3 Å². The molecule has 0 bridgehead atoms. The number of aryl methyl sites for hydroxylation is 1. The Labute approximate surface area is 145 Å². The lowest BCUT2D eigenvalue weighted by Crippen LogP contribution is -2.54. The zero-order valence-corrected chi connectivity index (χ0v) is 14.3. The van der Waals surface area contributed by atoms with E-state index in [1.165, 1.54) is 11.1 Å². The van der Waals surface area contributed by atoms with Gasteiger partial charge in [0.05, 0.1) is 24.4 Å². The van der Waals surface area contributed by atoms with E-state index >= 15 is 0 Å². The van der Waals surface area contributed by atoms with Crippen LogP contribution in [0.3, 0.4) is 0 Å². The molecule has 1 fully saturated rings. The van der Waals surface area contributed by atoms with Crippen LogP contribution in [0.15, 0.2) is 35.2 Å². The molecule has 1 aromatic carbocycles. The summed E-state index contributed by atoms with van der Waals surface area (Å²) in [4.78, 5) is 18.7. The van der Waals surface area contributed by atoms with E-state index in [-0.39, 0.29) is 11.6 Å². The molecule has 1 spiro atoms. The molecule has 5 nitrogen and oxygen atoms in total. The number of urea groups is 1. The molecule has 0 saturated carbocycles. The van der Waals surface area contributed by atoms with Gasteiger partial charge >= 0.3 is 6.03 Å². The quantitative estimate of drug-likeness (QED) is 0.932. The maximum absolute atomic E-state index is 12.5. The number of rotatable bonds is 3. The molecule has 4 rings (SSSR count). The Bertz CT molecular complexity index is 715. The highest BCUT2D eigenvalue weighted by molar-refractivity contribution is 7.07. The van der Waals surface area contributed by atoms with Crippen molar-refractivity contribution in [3.05, 3.63) is 52.0 Å². The van der Waals surface area contributed by atoms with Crippen molar-refractivity contribution in [2.75, 3.05) is 26.2 Å². The molecule has 126 valence electrons. The van der Waals surface area contributed by atoms with Crippen molar-refractivity contribution < 1.29 is 9.53 Å². The van der Waals surface area contributed by atoms with Gasteiger partial charge in [-0.1, -0.05) is 24.3 Å².